The molecule has 0 radical (unpaired) electrons. The van der Waals surface area contributed by atoms with Crippen LogP contribution in [0.25, 0.3) is 11.4 Å². The number of nitrogens with one attached hydrogen (secondary N) is 1. The third kappa shape index (κ3) is 2.67. The molecule has 0 aliphatic heterocycles. The van der Waals surface area contributed by atoms with Gasteiger partial charge in [-0.1, -0.05) is 13.8 Å². The minimum absolute atomic E-state index is 0.831. The summed E-state index contributed by atoms with van der Waals surface area (Å²) in [7, 11) is 0. The molecule has 1 N–H and O–H groups in total. The largest absolute Gasteiger partial charge is 0.368 e. The standard InChI is InChI=1S/C13H19N5/c1-3-6-15-13-12(14-8-9-16-13)11-5-7-17-18(11)10-4-2/h5,7-9H,3-4,6,10H2,1-2H3,(H,15,16). The summed E-state index contributed by atoms with van der Waals surface area (Å²) in [5, 5.41) is 7.63. The molecule has 96 valence electrons. The quantitative estimate of drug-likeness (QED) is 0.849. The van der Waals surface area contributed by atoms with Gasteiger partial charge in [0.05, 0.1) is 5.69 Å². The molecule has 0 unspecified atom stereocenters. The highest BCUT2D eigenvalue weighted by Crippen LogP contribution is 2.23. The maximum absolute atomic E-state index is 4.43. The summed E-state index contributed by atoms with van der Waals surface area (Å²) in [6, 6.07) is 1.98. The van der Waals surface area contributed by atoms with E-state index in [0.717, 1.165) is 43.1 Å². The molecule has 5 nitrogen and oxygen atoms in total. The van der Waals surface area contributed by atoms with Gasteiger partial charge >= 0.3 is 0 Å². The van der Waals surface area contributed by atoms with Crippen molar-refractivity contribution in [1.82, 2.24) is 19.7 Å². The Balaban J connectivity index is 2.33. The Morgan fingerprint density at radius 1 is 1.11 bits per heavy atom. The van der Waals surface area contributed by atoms with Gasteiger partial charge in [0.25, 0.3) is 0 Å². The number of anilines is 1. The second-order valence-corrected chi connectivity index (χ2v) is 4.12. The predicted octanol–water partition coefficient (Wildman–Crippen LogP) is 2.57. The highest BCUT2D eigenvalue weighted by atomic mass is 15.3. The average molecular weight is 245 g/mol. The number of hydrogen-bond donors (Lipinski definition) is 1. The third-order valence-electron chi connectivity index (χ3n) is 2.64. The average Bonchev–Trinajstić information content (AvgIpc) is 2.85. The Bertz CT molecular complexity index is 492. The molecule has 0 atom stereocenters. The van der Waals surface area contributed by atoms with Gasteiger partial charge in [-0.2, -0.15) is 5.10 Å². The Hall–Kier alpha value is -1.91. The van der Waals surface area contributed by atoms with E-state index < -0.39 is 0 Å². The Morgan fingerprint density at radius 3 is 2.72 bits per heavy atom. The Labute approximate surface area is 107 Å². The molecule has 2 aromatic heterocycles. The van der Waals surface area contributed by atoms with E-state index in [-0.39, 0.29) is 0 Å². The van der Waals surface area contributed by atoms with Crippen LogP contribution >= 0.6 is 0 Å². The number of nitrogens with zero attached hydrogens (tertiary/aromatic N) is 4. The van der Waals surface area contributed by atoms with E-state index in [1.165, 1.54) is 0 Å². The van der Waals surface area contributed by atoms with Crippen LogP contribution in [0.4, 0.5) is 5.82 Å². The molecule has 0 bridgehead atoms. The summed E-state index contributed by atoms with van der Waals surface area (Å²) >= 11 is 0. The van der Waals surface area contributed by atoms with Crippen molar-refractivity contribution in [2.45, 2.75) is 33.2 Å². The second kappa shape index (κ2) is 6.14. The van der Waals surface area contributed by atoms with Crippen LogP contribution in [0.15, 0.2) is 24.7 Å². The van der Waals surface area contributed by atoms with Crippen molar-refractivity contribution in [2.24, 2.45) is 0 Å². The fraction of sp³-hybridized carbons (Fsp3) is 0.462. The normalized spacial score (nSPS) is 10.6. The van der Waals surface area contributed by atoms with Gasteiger partial charge in [0.2, 0.25) is 0 Å². The zero-order valence-electron chi connectivity index (χ0n) is 10.9. The minimum Gasteiger partial charge on any atom is -0.368 e. The smallest absolute Gasteiger partial charge is 0.154 e. The van der Waals surface area contributed by atoms with Gasteiger partial charge in [0, 0.05) is 31.7 Å². The molecule has 5 heteroatoms. The molecule has 0 aliphatic carbocycles. The van der Waals surface area contributed by atoms with Crippen LogP contribution in [0.2, 0.25) is 0 Å². The van der Waals surface area contributed by atoms with E-state index in [0.29, 0.717) is 0 Å². The summed E-state index contributed by atoms with van der Waals surface area (Å²) < 4.78 is 1.97. The molecular weight excluding hydrogens is 226 g/mol. The first-order valence-electron chi connectivity index (χ1n) is 6.43. The lowest BCUT2D eigenvalue weighted by molar-refractivity contribution is 0.608. The van der Waals surface area contributed by atoms with E-state index in [9.17, 15) is 0 Å². The Kier molecular flexibility index (Phi) is 4.28. The minimum atomic E-state index is 0.831. The molecule has 2 heterocycles. The summed E-state index contributed by atoms with van der Waals surface area (Å²) in [6.45, 7) is 6.06. The van der Waals surface area contributed by atoms with Gasteiger partial charge in [0.15, 0.2) is 5.82 Å². The first-order chi connectivity index (χ1) is 8.86. The van der Waals surface area contributed by atoms with Crippen molar-refractivity contribution in [2.75, 3.05) is 11.9 Å². The molecule has 0 amide bonds. The van der Waals surface area contributed by atoms with Gasteiger partial charge < -0.3 is 5.32 Å². The monoisotopic (exact) mass is 245 g/mol. The van der Waals surface area contributed by atoms with E-state index >= 15 is 0 Å². The summed E-state index contributed by atoms with van der Waals surface area (Å²) in [5.74, 6) is 0.831. The summed E-state index contributed by atoms with van der Waals surface area (Å²) in [5.41, 5.74) is 1.89. The van der Waals surface area contributed by atoms with Gasteiger partial charge in [-0.3, -0.25) is 4.68 Å². The lowest BCUT2D eigenvalue weighted by Gasteiger charge is -2.10. The summed E-state index contributed by atoms with van der Waals surface area (Å²) in [6.07, 6.45) is 7.35. The number of aromatic nitrogens is 4. The molecule has 0 aromatic carbocycles. The lowest BCUT2D eigenvalue weighted by Crippen LogP contribution is -2.07. The molecular formula is C13H19N5. The molecule has 0 aliphatic rings. The van der Waals surface area contributed by atoms with Crippen molar-refractivity contribution in [3.8, 4) is 11.4 Å². The fourth-order valence-corrected chi connectivity index (χ4v) is 1.82. The number of hydrogen-bond acceptors (Lipinski definition) is 4. The van der Waals surface area contributed by atoms with Crippen molar-refractivity contribution in [1.29, 1.82) is 0 Å². The third-order valence-corrected chi connectivity index (χ3v) is 2.64. The maximum Gasteiger partial charge on any atom is 0.154 e. The van der Waals surface area contributed by atoms with Crippen LogP contribution < -0.4 is 5.32 Å². The highest BCUT2D eigenvalue weighted by molar-refractivity contribution is 5.68. The van der Waals surface area contributed by atoms with Gasteiger partial charge in [-0.15, -0.1) is 0 Å². The zero-order valence-corrected chi connectivity index (χ0v) is 10.9. The van der Waals surface area contributed by atoms with E-state index in [1.807, 2.05) is 16.9 Å². The predicted molar refractivity (Wildman–Crippen MR) is 72.3 cm³/mol. The van der Waals surface area contributed by atoms with Crippen molar-refractivity contribution >= 4 is 5.82 Å². The van der Waals surface area contributed by atoms with E-state index in [4.69, 9.17) is 0 Å². The SMILES string of the molecule is CCCNc1nccnc1-c1ccnn1CCC. The topological polar surface area (TPSA) is 55.6 Å². The Morgan fingerprint density at radius 2 is 1.94 bits per heavy atom. The number of rotatable bonds is 6. The fourth-order valence-electron chi connectivity index (χ4n) is 1.82. The lowest BCUT2D eigenvalue weighted by atomic mass is 10.3. The molecule has 2 rings (SSSR count). The van der Waals surface area contributed by atoms with Crippen LogP contribution in [-0.2, 0) is 6.54 Å². The maximum atomic E-state index is 4.43. The first-order valence-corrected chi connectivity index (χ1v) is 6.43. The second-order valence-electron chi connectivity index (χ2n) is 4.12. The van der Waals surface area contributed by atoms with Crippen LogP contribution in [0, 0.1) is 0 Å². The van der Waals surface area contributed by atoms with Gasteiger partial charge in [-0.25, -0.2) is 9.97 Å². The van der Waals surface area contributed by atoms with Crippen molar-refractivity contribution < 1.29 is 0 Å². The van der Waals surface area contributed by atoms with Crippen LogP contribution in [0.1, 0.15) is 26.7 Å². The van der Waals surface area contributed by atoms with E-state index in [1.54, 1.807) is 12.4 Å². The van der Waals surface area contributed by atoms with Crippen LogP contribution in [0.5, 0.6) is 0 Å². The van der Waals surface area contributed by atoms with Gasteiger partial charge in [0.1, 0.15) is 5.69 Å². The first kappa shape index (κ1) is 12.5. The molecule has 0 fully saturated rings. The van der Waals surface area contributed by atoms with Crippen molar-refractivity contribution in [3.63, 3.8) is 0 Å². The zero-order chi connectivity index (χ0) is 12.8. The summed E-state index contributed by atoms with van der Waals surface area (Å²) in [4.78, 5) is 8.79. The molecule has 18 heavy (non-hydrogen) atoms. The molecule has 2 aromatic rings. The number of aryl methyl sites for hydroxylation is 1. The van der Waals surface area contributed by atoms with Crippen molar-refractivity contribution in [3.05, 3.63) is 24.7 Å². The molecule has 0 saturated carbocycles. The van der Waals surface area contributed by atoms with Crippen LogP contribution in [0.3, 0.4) is 0 Å². The van der Waals surface area contributed by atoms with Gasteiger partial charge in [-0.05, 0) is 18.9 Å². The highest BCUT2D eigenvalue weighted by Gasteiger charge is 2.11. The van der Waals surface area contributed by atoms with E-state index in [2.05, 4.69) is 34.2 Å². The molecule has 0 saturated heterocycles. The van der Waals surface area contributed by atoms with Crippen LogP contribution in [-0.4, -0.2) is 26.3 Å². The molecule has 0 spiro atoms.